The zero-order valence-corrected chi connectivity index (χ0v) is 14.5. The lowest BCUT2D eigenvalue weighted by atomic mass is 10.1. The second-order valence-electron chi connectivity index (χ2n) is 5.54. The molecule has 3 aromatic rings. The SMILES string of the molecule is COc1ccc(CNc2nccc(C#Cc3c(F)ccc(N)c3F)n2)cc1. The molecule has 0 aliphatic rings. The summed E-state index contributed by atoms with van der Waals surface area (Å²) in [6.45, 7) is 0.499. The molecule has 0 amide bonds. The molecule has 0 aliphatic heterocycles. The van der Waals surface area contributed by atoms with E-state index in [0.717, 1.165) is 23.4 Å². The smallest absolute Gasteiger partial charge is 0.224 e. The zero-order chi connectivity index (χ0) is 19.2. The summed E-state index contributed by atoms with van der Waals surface area (Å²) in [4.78, 5) is 8.33. The third-order valence-corrected chi connectivity index (χ3v) is 3.70. The summed E-state index contributed by atoms with van der Waals surface area (Å²) in [6.07, 6.45) is 1.51. The van der Waals surface area contributed by atoms with Crippen molar-refractivity contribution in [3.05, 3.63) is 77.1 Å². The van der Waals surface area contributed by atoms with E-state index in [-0.39, 0.29) is 11.3 Å². The molecule has 1 aromatic heterocycles. The minimum atomic E-state index is -0.880. The van der Waals surface area contributed by atoms with Crippen molar-refractivity contribution >= 4 is 11.6 Å². The number of rotatable bonds is 4. The molecule has 1 heterocycles. The largest absolute Gasteiger partial charge is 0.497 e. The fourth-order valence-corrected chi connectivity index (χ4v) is 2.25. The first-order chi connectivity index (χ1) is 13.1. The number of nitrogen functional groups attached to an aromatic ring is 1. The molecule has 0 bridgehead atoms. The van der Waals surface area contributed by atoms with Crippen LogP contribution in [0.3, 0.4) is 0 Å². The monoisotopic (exact) mass is 366 g/mol. The van der Waals surface area contributed by atoms with Gasteiger partial charge < -0.3 is 15.8 Å². The number of hydrogen-bond donors (Lipinski definition) is 2. The normalized spacial score (nSPS) is 10.0. The van der Waals surface area contributed by atoms with Crippen LogP contribution < -0.4 is 15.8 Å². The summed E-state index contributed by atoms with van der Waals surface area (Å²) in [5.41, 5.74) is 6.23. The molecular formula is C20H16F2N4O. The summed E-state index contributed by atoms with van der Waals surface area (Å²) < 4.78 is 32.7. The van der Waals surface area contributed by atoms with E-state index in [9.17, 15) is 8.78 Å². The Balaban J connectivity index is 1.74. The van der Waals surface area contributed by atoms with Crippen molar-refractivity contribution in [2.45, 2.75) is 6.54 Å². The van der Waals surface area contributed by atoms with E-state index in [1.54, 1.807) is 13.2 Å². The summed E-state index contributed by atoms with van der Waals surface area (Å²) in [5.74, 6) is 4.54. The molecule has 5 nitrogen and oxygen atoms in total. The average Bonchev–Trinajstić information content (AvgIpc) is 2.70. The van der Waals surface area contributed by atoms with Gasteiger partial charge in [0.1, 0.15) is 17.3 Å². The molecule has 3 rings (SSSR count). The molecule has 0 spiro atoms. The Morgan fingerprint density at radius 3 is 2.59 bits per heavy atom. The molecule has 27 heavy (non-hydrogen) atoms. The third-order valence-electron chi connectivity index (χ3n) is 3.70. The molecular weight excluding hydrogens is 350 g/mol. The topological polar surface area (TPSA) is 73.1 Å². The van der Waals surface area contributed by atoms with Gasteiger partial charge in [0.15, 0.2) is 5.82 Å². The van der Waals surface area contributed by atoms with Crippen molar-refractivity contribution in [1.29, 1.82) is 0 Å². The van der Waals surface area contributed by atoms with E-state index in [2.05, 4.69) is 27.1 Å². The molecule has 0 aliphatic carbocycles. The van der Waals surface area contributed by atoms with Crippen LogP contribution in [0.1, 0.15) is 16.8 Å². The molecule has 0 saturated carbocycles. The Hall–Kier alpha value is -3.66. The number of hydrogen-bond acceptors (Lipinski definition) is 5. The Labute approximate surface area is 155 Å². The highest BCUT2D eigenvalue weighted by Gasteiger charge is 2.09. The second kappa shape index (κ2) is 8.15. The van der Waals surface area contributed by atoms with Crippen molar-refractivity contribution in [3.8, 4) is 17.6 Å². The van der Waals surface area contributed by atoms with Gasteiger partial charge in [0.05, 0.1) is 18.4 Å². The highest BCUT2D eigenvalue weighted by Crippen LogP contribution is 2.17. The Morgan fingerprint density at radius 2 is 1.85 bits per heavy atom. The van der Waals surface area contributed by atoms with Crippen molar-refractivity contribution < 1.29 is 13.5 Å². The molecule has 7 heteroatoms. The van der Waals surface area contributed by atoms with Gasteiger partial charge in [0, 0.05) is 12.7 Å². The number of halogens is 2. The first kappa shape index (κ1) is 18.1. The van der Waals surface area contributed by atoms with Crippen LogP contribution in [0.2, 0.25) is 0 Å². The molecule has 0 unspecified atom stereocenters. The average molecular weight is 366 g/mol. The van der Waals surface area contributed by atoms with E-state index in [0.29, 0.717) is 18.2 Å². The highest BCUT2D eigenvalue weighted by molar-refractivity contribution is 5.51. The second-order valence-corrected chi connectivity index (χ2v) is 5.54. The molecule has 3 N–H and O–H groups in total. The molecule has 0 radical (unpaired) electrons. The standard InChI is InChI=1S/C20H16F2N4O/c1-27-15-5-2-13(3-6-15)12-25-20-24-11-10-14(26-20)4-7-16-17(21)8-9-18(23)19(16)22/h2-3,5-6,8-11H,12,23H2,1H3,(H,24,25,26). The fraction of sp³-hybridized carbons (Fsp3) is 0.100. The van der Waals surface area contributed by atoms with E-state index >= 15 is 0 Å². The number of nitrogens with two attached hydrogens (primary N) is 1. The zero-order valence-electron chi connectivity index (χ0n) is 14.5. The lowest BCUT2D eigenvalue weighted by Gasteiger charge is -2.06. The molecule has 2 aromatic carbocycles. The fourth-order valence-electron chi connectivity index (χ4n) is 2.25. The van der Waals surface area contributed by atoms with Gasteiger partial charge in [-0.25, -0.2) is 18.7 Å². The quantitative estimate of drug-likeness (QED) is 0.547. The number of nitrogens with zero attached hydrogens (tertiary/aromatic N) is 2. The number of nitrogens with one attached hydrogen (secondary N) is 1. The van der Waals surface area contributed by atoms with Crippen LogP contribution in [0.4, 0.5) is 20.4 Å². The van der Waals surface area contributed by atoms with E-state index in [1.807, 2.05) is 24.3 Å². The van der Waals surface area contributed by atoms with Gasteiger partial charge in [0.2, 0.25) is 5.95 Å². The molecule has 136 valence electrons. The first-order valence-corrected chi connectivity index (χ1v) is 8.02. The van der Waals surface area contributed by atoms with Crippen molar-refractivity contribution in [2.24, 2.45) is 0 Å². The number of ether oxygens (including phenoxy) is 1. The van der Waals surface area contributed by atoms with Crippen molar-refractivity contribution in [2.75, 3.05) is 18.2 Å². The van der Waals surface area contributed by atoms with Crippen LogP contribution in [0.5, 0.6) is 5.75 Å². The summed E-state index contributed by atoms with van der Waals surface area (Å²) >= 11 is 0. The van der Waals surface area contributed by atoms with Gasteiger partial charge in [-0.3, -0.25) is 0 Å². The van der Waals surface area contributed by atoms with Crippen LogP contribution in [0.15, 0.2) is 48.7 Å². The summed E-state index contributed by atoms with van der Waals surface area (Å²) in [7, 11) is 1.61. The van der Waals surface area contributed by atoms with Crippen LogP contribution >= 0.6 is 0 Å². The minimum Gasteiger partial charge on any atom is -0.497 e. The highest BCUT2D eigenvalue weighted by atomic mass is 19.1. The van der Waals surface area contributed by atoms with Crippen molar-refractivity contribution in [1.82, 2.24) is 9.97 Å². The minimum absolute atomic E-state index is 0.162. The van der Waals surface area contributed by atoms with Gasteiger partial charge in [-0.1, -0.05) is 18.1 Å². The maximum absolute atomic E-state index is 13.9. The van der Waals surface area contributed by atoms with Gasteiger partial charge in [0.25, 0.3) is 0 Å². The number of anilines is 2. The first-order valence-electron chi connectivity index (χ1n) is 8.02. The predicted molar refractivity (Wildman–Crippen MR) is 99.1 cm³/mol. The van der Waals surface area contributed by atoms with E-state index in [4.69, 9.17) is 10.5 Å². The Bertz CT molecular complexity index is 1010. The lowest BCUT2D eigenvalue weighted by Crippen LogP contribution is -2.04. The Morgan fingerprint density at radius 1 is 1.07 bits per heavy atom. The number of benzene rings is 2. The maximum atomic E-state index is 13.9. The number of methoxy groups -OCH3 is 1. The molecule has 0 fully saturated rings. The van der Waals surface area contributed by atoms with Crippen LogP contribution in [0, 0.1) is 23.5 Å². The lowest BCUT2D eigenvalue weighted by molar-refractivity contribution is 0.414. The van der Waals surface area contributed by atoms with Gasteiger partial charge in [-0.05, 0) is 41.8 Å². The van der Waals surface area contributed by atoms with Crippen LogP contribution in [-0.2, 0) is 6.54 Å². The van der Waals surface area contributed by atoms with E-state index in [1.165, 1.54) is 6.20 Å². The van der Waals surface area contributed by atoms with Gasteiger partial charge in [-0.2, -0.15) is 0 Å². The summed E-state index contributed by atoms with van der Waals surface area (Å²) in [6, 6.07) is 11.3. The van der Waals surface area contributed by atoms with Crippen molar-refractivity contribution in [3.63, 3.8) is 0 Å². The third kappa shape index (κ3) is 4.50. The van der Waals surface area contributed by atoms with E-state index < -0.39 is 11.6 Å². The maximum Gasteiger partial charge on any atom is 0.224 e. The van der Waals surface area contributed by atoms with Gasteiger partial charge in [-0.15, -0.1) is 0 Å². The van der Waals surface area contributed by atoms with Gasteiger partial charge >= 0.3 is 0 Å². The van der Waals surface area contributed by atoms with Crippen LogP contribution in [0.25, 0.3) is 0 Å². The summed E-state index contributed by atoms with van der Waals surface area (Å²) in [5, 5.41) is 3.07. The number of aromatic nitrogens is 2. The van der Waals surface area contributed by atoms with Crippen LogP contribution in [-0.4, -0.2) is 17.1 Å². The predicted octanol–water partition coefficient (Wildman–Crippen LogP) is 3.36. The Kier molecular flexibility index (Phi) is 5.47. The molecule has 0 atom stereocenters. The molecule has 0 saturated heterocycles.